The summed E-state index contributed by atoms with van der Waals surface area (Å²) in [6.45, 7) is 6.06. The maximum atomic E-state index is 4.09. The zero-order valence-electron chi connectivity index (χ0n) is 6.60. The standard InChI is InChI=1S/C8H12N2/c1-4-6(2)8-5-7(3)9-10-8/h4-5H,1-3H3,(H,9,10)/b6-4+. The molecule has 0 bridgehead atoms. The number of aromatic nitrogens is 2. The van der Waals surface area contributed by atoms with E-state index in [9.17, 15) is 0 Å². The molecule has 1 N–H and O–H groups in total. The van der Waals surface area contributed by atoms with Crippen molar-refractivity contribution in [3.63, 3.8) is 0 Å². The topological polar surface area (TPSA) is 28.7 Å². The van der Waals surface area contributed by atoms with Crippen LogP contribution in [0.15, 0.2) is 12.1 Å². The van der Waals surface area contributed by atoms with Gasteiger partial charge in [-0.1, -0.05) is 6.08 Å². The Morgan fingerprint density at radius 2 is 2.40 bits per heavy atom. The molecular weight excluding hydrogens is 124 g/mol. The monoisotopic (exact) mass is 136 g/mol. The summed E-state index contributed by atoms with van der Waals surface area (Å²) >= 11 is 0. The molecule has 0 aliphatic carbocycles. The zero-order chi connectivity index (χ0) is 7.56. The third-order valence-corrected chi connectivity index (χ3v) is 1.54. The van der Waals surface area contributed by atoms with Crippen molar-refractivity contribution in [1.82, 2.24) is 10.2 Å². The molecule has 0 aliphatic heterocycles. The van der Waals surface area contributed by atoms with Crippen LogP contribution in [0, 0.1) is 6.92 Å². The van der Waals surface area contributed by atoms with E-state index in [0.717, 1.165) is 11.4 Å². The van der Waals surface area contributed by atoms with E-state index in [1.165, 1.54) is 5.57 Å². The summed E-state index contributed by atoms with van der Waals surface area (Å²) in [7, 11) is 0. The third kappa shape index (κ3) is 1.26. The molecule has 0 radical (unpaired) electrons. The summed E-state index contributed by atoms with van der Waals surface area (Å²) in [6, 6.07) is 2.04. The van der Waals surface area contributed by atoms with E-state index in [2.05, 4.69) is 23.2 Å². The summed E-state index contributed by atoms with van der Waals surface area (Å²) in [4.78, 5) is 0. The molecule has 2 heteroatoms. The first-order valence-electron chi connectivity index (χ1n) is 3.39. The summed E-state index contributed by atoms with van der Waals surface area (Å²) in [5, 5.41) is 6.99. The van der Waals surface area contributed by atoms with Crippen molar-refractivity contribution >= 4 is 5.57 Å². The van der Waals surface area contributed by atoms with E-state index >= 15 is 0 Å². The fourth-order valence-corrected chi connectivity index (χ4v) is 0.768. The van der Waals surface area contributed by atoms with Crippen LogP contribution in [0.25, 0.3) is 5.57 Å². The van der Waals surface area contributed by atoms with Gasteiger partial charge in [-0.05, 0) is 32.4 Å². The van der Waals surface area contributed by atoms with E-state index < -0.39 is 0 Å². The lowest BCUT2D eigenvalue weighted by molar-refractivity contribution is 1.03. The molecule has 10 heavy (non-hydrogen) atoms. The van der Waals surface area contributed by atoms with Gasteiger partial charge in [0.25, 0.3) is 0 Å². The van der Waals surface area contributed by atoms with Crippen LogP contribution in [0.5, 0.6) is 0 Å². The van der Waals surface area contributed by atoms with Crippen LogP contribution in [0.4, 0.5) is 0 Å². The van der Waals surface area contributed by atoms with Crippen molar-refractivity contribution < 1.29 is 0 Å². The largest absolute Gasteiger partial charge is 0.282 e. The van der Waals surface area contributed by atoms with E-state index in [0.29, 0.717) is 0 Å². The quantitative estimate of drug-likeness (QED) is 0.629. The van der Waals surface area contributed by atoms with Crippen LogP contribution in [-0.4, -0.2) is 10.2 Å². The Morgan fingerprint density at radius 1 is 1.70 bits per heavy atom. The first-order chi connectivity index (χ1) is 4.74. The van der Waals surface area contributed by atoms with Crippen LogP contribution < -0.4 is 0 Å². The molecule has 1 heterocycles. The highest BCUT2D eigenvalue weighted by molar-refractivity contribution is 5.59. The molecule has 0 fully saturated rings. The highest BCUT2D eigenvalue weighted by atomic mass is 15.1. The number of allylic oxidation sites excluding steroid dienone is 2. The molecule has 1 aromatic rings. The van der Waals surface area contributed by atoms with Crippen molar-refractivity contribution in [2.24, 2.45) is 0 Å². The molecule has 0 amide bonds. The van der Waals surface area contributed by atoms with Gasteiger partial charge in [-0.15, -0.1) is 0 Å². The molecule has 0 aromatic carbocycles. The number of nitrogens with one attached hydrogen (secondary N) is 1. The van der Waals surface area contributed by atoms with Gasteiger partial charge in [-0.2, -0.15) is 5.10 Å². The SMILES string of the molecule is C/C=C(\C)c1cc(C)[nH]n1. The van der Waals surface area contributed by atoms with Crippen LogP contribution >= 0.6 is 0 Å². The highest BCUT2D eigenvalue weighted by Crippen LogP contribution is 2.09. The van der Waals surface area contributed by atoms with Crippen molar-refractivity contribution in [3.05, 3.63) is 23.5 Å². The van der Waals surface area contributed by atoms with E-state index in [4.69, 9.17) is 0 Å². The minimum absolute atomic E-state index is 1.04. The van der Waals surface area contributed by atoms with Gasteiger partial charge in [-0.25, -0.2) is 0 Å². The molecule has 0 spiro atoms. The fourth-order valence-electron chi connectivity index (χ4n) is 0.768. The van der Waals surface area contributed by atoms with Gasteiger partial charge in [0.1, 0.15) is 0 Å². The van der Waals surface area contributed by atoms with Crippen LogP contribution in [0.2, 0.25) is 0 Å². The number of hydrogen-bond donors (Lipinski definition) is 1. The van der Waals surface area contributed by atoms with Crippen molar-refractivity contribution in [2.45, 2.75) is 20.8 Å². The molecule has 1 rings (SSSR count). The molecule has 0 saturated carbocycles. The molecule has 0 atom stereocenters. The summed E-state index contributed by atoms with van der Waals surface area (Å²) in [5.74, 6) is 0. The Labute approximate surface area is 61.0 Å². The predicted molar refractivity (Wildman–Crippen MR) is 42.6 cm³/mol. The maximum Gasteiger partial charge on any atom is 0.0876 e. The number of aromatic amines is 1. The van der Waals surface area contributed by atoms with Gasteiger partial charge < -0.3 is 0 Å². The Morgan fingerprint density at radius 3 is 2.80 bits per heavy atom. The number of rotatable bonds is 1. The fraction of sp³-hybridized carbons (Fsp3) is 0.375. The molecular formula is C8H12N2. The van der Waals surface area contributed by atoms with Crippen molar-refractivity contribution in [2.75, 3.05) is 0 Å². The van der Waals surface area contributed by atoms with E-state index in [1.54, 1.807) is 0 Å². The van der Waals surface area contributed by atoms with Crippen molar-refractivity contribution in [1.29, 1.82) is 0 Å². The predicted octanol–water partition coefficient (Wildman–Crippen LogP) is 2.14. The molecule has 54 valence electrons. The third-order valence-electron chi connectivity index (χ3n) is 1.54. The second-order valence-corrected chi connectivity index (χ2v) is 2.41. The van der Waals surface area contributed by atoms with E-state index in [-0.39, 0.29) is 0 Å². The molecule has 0 unspecified atom stereocenters. The lowest BCUT2D eigenvalue weighted by atomic mass is 10.2. The first-order valence-corrected chi connectivity index (χ1v) is 3.39. The van der Waals surface area contributed by atoms with Crippen molar-refractivity contribution in [3.8, 4) is 0 Å². The number of hydrogen-bond acceptors (Lipinski definition) is 1. The molecule has 0 saturated heterocycles. The van der Waals surface area contributed by atoms with Gasteiger partial charge in [0.05, 0.1) is 5.69 Å². The smallest absolute Gasteiger partial charge is 0.0876 e. The van der Waals surface area contributed by atoms with Crippen LogP contribution in [-0.2, 0) is 0 Å². The minimum Gasteiger partial charge on any atom is -0.282 e. The minimum atomic E-state index is 1.04. The van der Waals surface area contributed by atoms with Crippen LogP contribution in [0.1, 0.15) is 25.2 Å². The Hall–Kier alpha value is -1.05. The second-order valence-electron chi connectivity index (χ2n) is 2.41. The zero-order valence-corrected chi connectivity index (χ0v) is 6.60. The van der Waals surface area contributed by atoms with E-state index in [1.807, 2.05) is 19.9 Å². The normalized spacial score (nSPS) is 12.1. The average molecular weight is 136 g/mol. The number of nitrogens with zero attached hydrogens (tertiary/aromatic N) is 1. The number of aryl methyl sites for hydroxylation is 1. The molecule has 0 aliphatic rings. The van der Waals surface area contributed by atoms with Gasteiger partial charge in [0.2, 0.25) is 0 Å². The highest BCUT2D eigenvalue weighted by Gasteiger charge is 1.96. The second kappa shape index (κ2) is 2.69. The molecule has 1 aromatic heterocycles. The first kappa shape index (κ1) is 7.06. The van der Waals surface area contributed by atoms with Gasteiger partial charge in [0, 0.05) is 5.69 Å². The van der Waals surface area contributed by atoms with Gasteiger partial charge >= 0.3 is 0 Å². The Kier molecular flexibility index (Phi) is 1.90. The Bertz CT molecular complexity index is 246. The van der Waals surface area contributed by atoms with Gasteiger partial charge in [-0.3, -0.25) is 5.10 Å². The summed E-state index contributed by atoms with van der Waals surface area (Å²) in [6.07, 6.45) is 2.05. The average Bonchev–Trinajstić information content (AvgIpc) is 2.34. The summed E-state index contributed by atoms with van der Waals surface area (Å²) in [5.41, 5.74) is 3.36. The van der Waals surface area contributed by atoms with Crippen LogP contribution in [0.3, 0.4) is 0 Å². The van der Waals surface area contributed by atoms with Gasteiger partial charge in [0.15, 0.2) is 0 Å². The summed E-state index contributed by atoms with van der Waals surface area (Å²) < 4.78 is 0. The number of H-pyrrole nitrogens is 1. The maximum absolute atomic E-state index is 4.09. The lowest BCUT2D eigenvalue weighted by Crippen LogP contribution is -1.76. The lowest BCUT2D eigenvalue weighted by Gasteiger charge is -1.89. The molecule has 2 nitrogen and oxygen atoms in total. The Balaban J connectivity index is 2.95.